The molecule has 1 amide bonds. The van der Waals surface area contributed by atoms with Crippen molar-refractivity contribution in [2.24, 2.45) is 0 Å². The van der Waals surface area contributed by atoms with Gasteiger partial charge in [0.05, 0.1) is 5.56 Å². The average molecular weight is 297 g/mol. The Morgan fingerprint density at radius 3 is 2.41 bits per heavy atom. The maximum Gasteiger partial charge on any atom is 0.291 e. The highest BCUT2D eigenvalue weighted by molar-refractivity contribution is 6.06. The highest BCUT2D eigenvalue weighted by Crippen LogP contribution is 2.27. The number of ketones is 1. The van der Waals surface area contributed by atoms with Crippen LogP contribution in [0.4, 0.5) is 5.69 Å². The van der Waals surface area contributed by atoms with Gasteiger partial charge in [-0.3, -0.25) is 9.59 Å². The molecule has 0 spiro atoms. The van der Waals surface area contributed by atoms with Gasteiger partial charge < -0.3 is 9.73 Å². The molecule has 22 heavy (non-hydrogen) atoms. The number of amides is 1. The van der Waals surface area contributed by atoms with Crippen LogP contribution in [0.1, 0.15) is 56.2 Å². The van der Waals surface area contributed by atoms with E-state index in [0.717, 1.165) is 35.2 Å². The van der Waals surface area contributed by atoms with Crippen LogP contribution in [0, 0.1) is 20.8 Å². The van der Waals surface area contributed by atoms with Crippen LogP contribution in [0.2, 0.25) is 0 Å². The molecule has 1 N–H and O–H groups in total. The van der Waals surface area contributed by atoms with E-state index >= 15 is 0 Å². The number of aryl methyl sites for hydroxylation is 4. The minimum atomic E-state index is -0.308. The molecule has 1 aliphatic rings. The lowest BCUT2D eigenvalue weighted by Crippen LogP contribution is -2.13. The molecule has 0 saturated carbocycles. The van der Waals surface area contributed by atoms with Gasteiger partial charge in [0.15, 0.2) is 11.5 Å². The van der Waals surface area contributed by atoms with E-state index in [0.29, 0.717) is 17.7 Å². The minimum Gasteiger partial charge on any atom is -0.455 e. The summed E-state index contributed by atoms with van der Waals surface area (Å²) in [6, 6.07) is 5.63. The Bertz CT molecular complexity index is 748. The van der Waals surface area contributed by atoms with E-state index in [1.807, 2.05) is 32.9 Å². The van der Waals surface area contributed by atoms with E-state index in [1.165, 1.54) is 0 Å². The van der Waals surface area contributed by atoms with Crippen LogP contribution in [-0.2, 0) is 6.42 Å². The van der Waals surface area contributed by atoms with Gasteiger partial charge in [-0.2, -0.15) is 0 Å². The van der Waals surface area contributed by atoms with Gasteiger partial charge in [0.25, 0.3) is 5.91 Å². The number of hydrogen-bond acceptors (Lipinski definition) is 3. The van der Waals surface area contributed by atoms with E-state index in [2.05, 4.69) is 5.32 Å². The summed E-state index contributed by atoms with van der Waals surface area (Å²) in [5, 5.41) is 2.90. The molecular formula is C18H19NO3. The second-order valence-electron chi connectivity index (χ2n) is 5.95. The van der Waals surface area contributed by atoms with Crippen molar-refractivity contribution in [1.82, 2.24) is 0 Å². The molecule has 3 rings (SSSR count). The number of hydrogen-bond donors (Lipinski definition) is 1. The smallest absolute Gasteiger partial charge is 0.291 e. The number of furan rings is 1. The highest BCUT2D eigenvalue weighted by atomic mass is 16.4. The first-order chi connectivity index (χ1) is 10.5. The van der Waals surface area contributed by atoms with Gasteiger partial charge in [0.1, 0.15) is 5.76 Å². The molecule has 0 saturated heterocycles. The first kappa shape index (κ1) is 14.6. The second-order valence-corrected chi connectivity index (χ2v) is 5.95. The number of Topliss-reactive ketones (excluding diaryl/α,β-unsaturated/α-hetero) is 1. The lowest BCUT2D eigenvalue weighted by Gasteiger charge is -2.11. The Labute approximate surface area is 129 Å². The first-order valence-electron chi connectivity index (χ1n) is 7.51. The SMILES string of the molecule is Cc1cc(C)c(NC(=O)c2cc3c(o2)CCCC3=O)c(C)c1. The van der Waals surface area contributed by atoms with Crippen LogP contribution in [0.25, 0.3) is 0 Å². The molecule has 4 nitrogen and oxygen atoms in total. The number of fused-ring (bicyclic) bond motifs is 1. The van der Waals surface area contributed by atoms with E-state index in [-0.39, 0.29) is 17.5 Å². The summed E-state index contributed by atoms with van der Waals surface area (Å²) in [4.78, 5) is 24.2. The number of carbonyl (C=O) groups is 2. The van der Waals surface area contributed by atoms with Crippen LogP contribution < -0.4 is 5.32 Å². The summed E-state index contributed by atoms with van der Waals surface area (Å²) in [5.41, 5.74) is 4.55. The van der Waals surface area contributed by atoms with E-state index in [4.69, 9.17) is 4.42 Å². The van der Waals surface area contributed by atoms with E-state index in [1.54, 1.807) is 6.07 Å². The molecule has 2 aromatic rings. The van der Waals surface area contributed by atoms with Gasteiger partial charge in [-0.15, -0.1) is 0 Å². The zero-order valence-electron chi connectivity index (χ0n) is 13.1. The topological polar surface area (TPSA) is 59.3 Å². The van der Waals surface area contributed by atoms with Gasteiger partial charge in [0.2, 0.25) is 0 Å². The molecular weight excluding hydrogens is 278 g/mol. The monoisotopic (exact) mass is 297 g/mol. The van der Waals surface area contributed by atoms with E-state index < -0.39 is 0 Å². The van der Waals surface area contributed by atoms with Crippen molar-refractivity contribution < 1.29 is 14.0 Å². The van der Waals surface area contributed by atoms with Gasteiger partial charge in [-0.1, -0.05) is 17.7 Å². The largest absolute Gasteiger partial charge is 0.455 e. The van der Waals surface area contributed by atoms with Gasteiger partial charge in [-0.05, 0) is 38.3 Å². The number of carbonyl (C=O) groups excluding carboxylic acids is 2. The lowest BCUT2D eigenvalue weighted by atomic mass is 9.97. The van der Waals surface area contributed by atoms with Crippen LogP contribution in [0.3, 0.4) is 0 Å². The molecule has 1 aromatic carbocycles. The third-order valence-corrected chi connectivity index (χ3v) is 4.06. The molecule has 0 radical (unpaired) electrons. The highest BCUT2D eigenvalue weighted by Gasteiger charge is 2.24. The van der Waals surface area contributed by atoms with Crippen molar-refractivity contribution in [1.29, 1.82) is 0 Å². The summed E-state index contributed by atoms with van der Waals surface area (Å²) in [7, 11) is 0. The minimum absolute atomic E-state index is 0.0618. The molecule has 0 fully saturated rings. The summed E-state index contributed by atoms with van der Waals surface area (Å²) in [6.45, 7) is 5.95. The fraction of sp³-hybridized carbons (Fsp3) is 0.333. The fourth-order valence-corrected chi connectivity index (χ4v) is 3.06. The van der Waals surface area contributed by atoms with Crippen molar-refractivity contribution in [3.63, 3.8) is 0 Å². The quantitative estimate of drug-likeness (QED) is 0.912. The predicted octanol–water partition coefficient (Wildman–Crippen LogP) is 3.98. The summed E-state index contributed by atoms with van der Waals surface area (Å²) < 4.78 is 5.58. The molecule has 0 unspecified atom stereocenters. The number of benzene rings is 1. The summed E-state index contributed by atoms with van der Waals surface area (Å²) >= 11 is 0. The Hall–Kier alpha value is -2.36. The maximum absolute atomic E-state index is 12.4. The Kier molecular flexibility index (Phi) is 3.61. The van der Waals surface area contributed by atoms with Crippen LogP contribution in [0.15, 0.2) is 22.6 Å². The molecule has 0 aliphatic heterocycles. The molecule has 0 atom stereocenters. The average Bonchev–Trinajstić information content (AvgIpc) is 2.88. The second kappa shape index (κ2) is 5.44. The standard InChI is InChI=1S/C18H19NO3/c1-10-7-11(2)17(12(3)8-10)19-18(21)16-9-13-14(20)5-4-6-15(13)22-16/h7-9H,4-6H2,1-3H3,(H,19,21). The third-order valence-electron chi connectivity index (χ3n) is 4.06. The van der Waals surface area contributed by atoms with Crippen molar-refractivity contribution in [2.45, 2.75) is 40.0 Å². The predicted molar refractivity (Wildman–Crippen MR) is 84.6 cm³/mol. The number of rotatable bonds is 2. The van der Waals surface area contributed by atoms with Crippen molar-refractivity contribution in [2.75, 3.05) is 5.32 Å². The van der Waals surface area contributed by atoms with E-state index in [9.17, 15) is 9.59 Å². The summed E-state index contributed by atoms with van der Waals surface area (Å²) in [6.07, 6.45) is 2.04. The Morgan fingerprint density at radius 2 is 1.77 bits per heavy atom. The van der Waals surface area contributed by atoms with Crippen LogP contribution >= 0.6 is 0 Å². The van der Waals surface area contributed by atoms with Gasteiger partial charge in [-0.25, -0.2) is 0 Å². The maximum atomic E-state index is 12.4. The zero-order valence-corrected chi connectivity index (χ0v) is 13.1. The molecule has 0 bridgehead atoms. The van der Waals surface area contributed by atoms with Crippen molar-refractivity contribution in [3.8, 4) is 0 Å². The van der Waals surface area contributed by atoms with Crippen LogP contribution in [0.5, 0.6) is 0 Å². The summed E-state index contributed by atoms with van der Waals surface area (Å²) in [5.74, 6) is 0.599. The number of nitrogens with one attached hydrogen (secondary N) is 1. The van der Waals surface area contributed by atoms with Crippen LogP contribution in [-0.4, -0.2) is 11.7 Å². The zero-order chi connectivity index (χ0) is 15.9. The Morgan fingerprint density at radius 1 is 1.09 bits per heavy atom. The van der Waals surface area contributed by atoms with Gasteiger partial charge >= 0.3 is 0 Å². The van der Waals surface area contributed by atoms with Crippen molar-refractivity contribution in [3.05, 3.63) is 52.0 Å². The normalized spacial score (nSPS) is 13.9. The molecule has 114 valence electrons. The molecule has 1 aliphatic carbocycles. The number of anilines is 1. The molecule has 1 aromatic heterocycles. The third kappa shape index (κ3) is 2.56. The fourth-order valence-electron chi connectivity index (χ4n) is 3.06. The van der Waals surface area contributed by atoms with Crippen molar-refractivity contribution >= 4 is 17.4 Å². The molecule has 4 heteroatoms. The first-order valence-corrected chi connectivity index (χ1v) is 7.51. The lowest BCUT2D eigenvalue weighted by molar-refractivity contribution is 0.0963. The molecule has 1 heterocycles. The van der Waals surface area contributed by atoms with Gasteiger partial charge in [0, 0.05) is 24.6 Å². The Balaban J connectivity index is 1.88.